The van der Waals surface area contributed by atoms with E-state index in [1.54, 1.807) is 37.2 Å². The lowest BCUT2D eigenvalue weighted by Gasteiger charge is -2.17. The molecule has 0 aliphatic rings. The maximum atomic E-state index is 12.4. The molecular formula is C28H25N9O. The quantitative estimate of drug-likeness (QED) is 0.286. The third kappa shape index (κ3) is 4.59. The smallest absolute Gasteiger partial charge is 0.224 e. The summed E-state index contributed by atoms with van der Waals surface area (Å²) in [5.41, 5.74) is 7.51. The number of pyridine rings is 4. The molecule has 6 aromatic rings. The van der Waals surface area contributed by atoms with E-state index >= 15 is 0 Å². The number of fused-ring (bicyclic) bond motifs is 2. The average Bonchev–Trinajstić information content (AvgIpc) is 3.51. The van der Waals surface area contributed by atoms with Gasteiger partial charge >= 0.3 is 0 Å². The van der Waals surface area contributed by atoms with Gasteiger partial charge in [-0.2, -0.15) is 5.10 Å². The normalized spacial score (nSPS) is 11.8. The summed E-state index contributed by atoms with van der Waals surface area (Å²) in [7, 11) is 0. The Morgan fingerprint density at radius 3 is 2.50 bits per heavy atom. The Balaban J connectivity index is 1.36. The van der Waals surface area contributed by atoms with Gasteiger partial charge in [-0.3, -0.25) is 24.8 Å². The molecule has 0 aromatic carbocycles. The van der Waals surface area contributed by atoms with Crippen molar-refractivity contribution in [1.82, 2.24) is 40.1 Å². The molecule has 0 saturated heterocycles. The fraction of sp³-hybridized carbons (Fsp3) is 0.179. The van der Waals surface area contributed by atoms with Gasteiger partial charge in [0.2, 0.25) is 5.91 Å². The molecule has 0 saturated carbocycles. The molecule has 38 heavy (non-hydrogen) atoms. The molecule has 0 bridgehead atoms. The minimum Gasteiger partial charge on any atom is -0.335 e. The lowest BCUT2D eigenvalue weighted by Crippen LogP contribution is -2.19. The molecule has 0 unspecified atom stereocenters. The molecule has 6 aromatic heterocycles. The largest absolute Gasteiger partial charge is 0.335 e. The van der Waals surface area contributed by atoms with E-state index in [0.717, 1.165) is 33.2 Å². The Kier molecular flexibility index (Phi) is 5.64. The van der Waals surface area contributed by atoms with Gasteiger partial charge in [-0.05, 0) is 41.3 Å². The van der Waals surface area contributed by atoms with E-state index in [4.69, 9.17) is 9.97 Å². The van der Waals surface area contributed by atoms with E-state index in [2.05, 4.69) is 35.5 Å². The second-order valence-electron chi connectivity index (χ2n) is 10.3. The highest BCUT2D eigenvalue weighted by molar-refractivity contribution is 5.96. The van der Waals surface area contributed by atoms with Gasteiger partial charge in [0, 0.05) is 42.3 Å². The predicted molar refractivity (Wildman–Crippen MR) is 146 cm³/mol. The number of anilines is 1. The number of imidazole rings is 1. The number of hydrogen-bond donors (Lipinski definition) is 3. The number of amides is 1. The Hall–Kier alpha value is -4.99. The number of nitrogens with one attached hydrogen (secondary N) is 3. The fourth-order valence-electron chi connectivity index (χ4n) is 4.35. The summed E-state index contributed by atoms with van der Waals surface area (Å²) in [6.45, 7) is 6.09. The van der Waals surface area contributed by atoms with Gasteiger partial charge in [0.25, 0.3) is 0 Å². The molecule has 6 rings (SSSR count). The monoisotopic (exact) mass is 503 g/mol. The van der Waals surface area contributed by atoms with Crippen molar-refractivity contribution < 1.29 is 4.79 Å². The minimum atomic E-state index is -0.106. The highest BCUT2D eigenvalue weighted by atomic mass is 16.1. The molecule has 6 heterocycles. The third-order valence-electron chi connectivity index (χ3n) is 6.03. The van der Waals surface area contributed by atoms with Gasteiger partial charge < -0.3 is 10.3 Å². The Labute approximate surface area is 218 Å². The third-order valence-corrected chi connectivity index (χ3v) is 6.03. The number of rotatable bonds is 5. The van der Waals surface area contributed by atoms with Crippen molar-refractivity contribution in [3.05, 3.63) is 67.5 Å². The predicted octanol–water partition coefficient (Wildman–Crippen LogP) is 5.39. The van der Waals surface area contributed by atoms with Gasteiger partial charge in [-0.1, -0.05) is 20.8 Å². The fourth-order valence-corrected chi connectivity index (χ4v) is 4.35. The first kappa shape index (κ1) is 23.4. The van der Waals surface area contributed by atoms with Crippen molar-refractivity contribution in [2.24, 2.45) is 5.41 Å². The van der Waals surface area contributed by atoms with Crippen LogP contribution >= 0.6 is 0 Å². The number of carbonyl (C=O) groups is 1. The molecule has 10 nitrogen and oxygen atoms in total. The van der Waals surface area contributed by atoms with Crippen LogP contribution in [0.3, 0.4) is 0 Å². The van der Waals surface area contributed by atoms with Crippen molar-refractivity contribution in [2.45, 2.75) is 27.2 Å². The van der Waals surface area contributed by atoms with Crippen molar-refractivity contribution in [2.75, 3.05) is 5.32 Å². The number of H-pyrrole nitrogens is 2. The molecule has 0 radical (unpaired) electrons. The molecule has 1 amide bonds. The zero-order chi connectivity index (χ0) is 26.3. The SMILES string of the molecule is CC(C)(C)CC(=O)Nc1cncc(-c2ccc3[nH]nc(-c4nc5c(-c6ccncc6)cncc5[nH]4)c3n2)c1. The zero-order valence-electron chi connectivity index (χ0n) is 21.1. The summed E-state index contributed by atoms with van der Waals surface area (Å²) in [6.07, 6.45) is 10.8. The molecule has 10 heteroatoms. The van der Waals surface area contributed by atoms with Crippen LogP contribution in [0.1, 0.15) is 27.2 Å². The van der Waals surface area contributed by atoms with Crippen LogP contribution < -0.4 is 5.32 Å². The average molecular weight is 504 g/mol. The molecule has 0 atom stereocenters. The summed E-state index contributed by atoms with van der Waals surface area (Å²) < 4.78 is 0. The summed E-state index contributed by atoms with van der Waals surface area (Å²) in [4.78, 5) is 38.3. The van der Waals surface area contributed by atoms with Crippen LogP contribution in [0.15, 0.2) is 67.5 Å². The summed E-state index contributed by atoms with van der Waals surface area (Å²) >= 11 is 0. The second-order valence-corrected chi connectivity index (χ2v) is 10.3. The first-order valence-electron chi connectivity index (χ1n) is 12.2. The minimum absolute atomic E-state index is 0.0532. The lowest BCUT2D eigenvalue weighted by atomic mass is 9.92. The molecule has 0 fully saturated rings. The van der Waals surface area contributed by atoms with E-state index in [1.165, 1.54) is 0 Å². The van der Waals surface area contributed by atoms with Crippen LogP contribution in [0.5, 0.6) is 0 Å². The maximum absolute atomic E-state index is 12.4. The van der Waals surface area contributed by atoms with Crippen LogP contribution in [0, 0.1) is 5.41 Å². The summed E-state index contributed by atoms with van der Waals surface area (Å²) in [5.74, 6) is 0.531. The van der Waals surface area contributed by atoms with Crippen molar-refractivity contribution in [1.29, 1.82) is 0 Å². The standard InChI is InChI=1S/C28H25N9O/c1-28(2,3)11-23(38)32-18-10-17(12-30-13-18)20-4-5-21-25(33-20)26(37-36-21)27-34-22-15-31-14-19(24(22)35-27)16-6-8-29-9-7-16/h4-10,12-15H,11H2,1-3H3,(H,32,38)(H,34,35)(H,36,37). The summed E-state index contributed by atoms with van der Waals surface area (Å²) in [6, 6.07) is 9.54. The number of aromatic nitrogens is 8. The molecule has 3 N–H and O–H groups in total. The van der Waals surface area contributed by atoms with Crippen LogP contribution in [-0.2, 0) is 4.79 Å². The van der Waals surface area contributed by atoms with Crippen molar-refractivity contribution in [3.63, 3.8) is 0 Å². The first-order chi connectivity index (χ1) is 18.3. The van der Waals surface area contributed by atoms with E-state index in [1.807, 2.05) is 51.1 Å². The molecule has 0 aliphatic heterocycles. The zero-order valence-corrected chi connectivity index (χ0v) is 21.1. The number of nitrogens with zero attached hydrogens (tertiary/aromatic N) is 6. The van der Waals surface area contributed by atoms with Gasteiger partial charge in [-0.15, -0.1) is 0 Å². The Bertz CT molecular complexity index is 1780. The number of hydrogen-bond acceptors (Lipinski definition) is 7. The second kappa shape index (κ2) is 9.15. The summed E-state index contributed by atoms with van der Waals surface area (Å²) in [5, 5.41) is 10.5. The van der Waals surface area contributed by atoms with E-state index in [-0.39, 0.29) is 11.3 Å². The first-order valence-corrected chi connectivity index (χ1v) is 12.2. The highest BCUT2D eigenvalue weighted by Crippen LogP contribution is 2.31. The topological polar surface area (TPSA) is 138 Å². The number of aromatic amines is 2. The van der Waals surface area contributed by atoms with Crippen LogP contribution in [0.25, 0.3) is 56.0 Å². The van der Waals surface area contributed by atoms with Crippen LogP contribution in [0.2, 0.25) is 0 Å². The van der Waals surface area contributed by atoms with Crippen molar-refractivity contribution >= 4 is 33.7 Å². The maximum Gasteiger partial charge on any atom is 0.224 e. The van der Waals surface area contributed by atoms with Gasteiger partial charge in [0.05, 0.1) is 40.3 Å². The number of carbonyl (C=O) groups excluding carboxylic acids is 1. The van der Waals surface area contributed by atoms with Gasteiger partial charge in [0.15, 0.2) is 11.5 Å². The van der Waals surface area contributed by atoms with E-state index < -0.39 is 0 Å². The van der Waals surface area contributed by atoms with E-state index in [9.17, 15) is 4.79 Å². The molecule has 0 aliphatic carbocycles. The van der Waals surface area contributed by atoms with Gasteiger partial charge in [0.1, 0.15) is 5.52 Å². The van der Waals surface area contributed by atoms with Crippen LogP contribution in [-0.4, -0.2) is 46.0 Å². The van der Waals surface area contributed by atoms with E-state index in [0.29, 0.717) is 34.8 Å². The molecular weight excluding hydrogens is 478 g/mol. The highest BCUT2D eigenvalue weighted by Gasteiger charge is 2.18. The van der Waals surface area contributed by atoms with Gasteiger partial charge in [-0.25, -0.2) is 9.97 Å². The molecule has 0 spiro atoms. The Morgan fingerprint density at radius 2 is 1.68 bits per heavy atom. The Morgan fingerprint density at radius 1 is 0.868 bits per heavy atom. The van der Waals surface area contributed by atoms with Crippen molar-refractivity contribution in [3.8, 4) is 33.9 Å². The lowest BCUT2D eigenvalue weighted by molar-refractivity contribution is -0.117. The van der Waals surface area contributed by atoms with Crippen LogP contribution in [0.4, 0.5) is 5.69 Å². The molecule has 188 valence electrons.